The van der Waals surface area contributed by atoms with Crippen LogP contribution in [0.3, 0.4) is 0 Å². The fourth-order valence-corrected chi connectivity index (χ4v) is 4.62. The fourth-order valence-electron chi connectivity index (χ4n) is 2.80. The number of nitrogens with one attached hydrogen (secondary N) is 1. The zero-order valence-corrected chi connectivity index (χ0v) is 16.6. The van der Waals surface area contributed by atoms with E-state index in [1.807, 2.05) is 60.0 Å². The maximum absolute atomic E-state index is 13.1. The van der Waals surface area contributed by atoms with Gasteiger partial charge in [0.15, 0.2) is 5.57 Å². The van der Waals surface area contributed by atoms with Gasteiger partial charge in [-0.2, -0.15) is 5.26 Å². The number of hydrogen-bond acceptors (Lipinski definition) is 5. The van der Waals surface area contributed by atoms with Crippen molar-refractivity contribution < 1.29 is 4.79 Å². The van der Waals surface area contributed by atoms with Crippen molar-refractivity contribution in [3.05, 3.63) is 77.8 Å². The van der Waals surface area contributed by atoms with Gasteiger partial charge in [0.2, 0.25) is 0 Å². The van der Waals surface area contributed by atoms with Crippen LogP contribution in [0.25, 0.3) is 11.6 Å². The van der Waals surface area contributed by atoms with Gasteiger partial charge in [0, 0.05) is 10.9 Å². The molecule has 0 radical (unpaired) electrons. The summed E-state index contributed by atoms with van der Waals surface area (Å²) < 4.78 is 2.45. The molecule has 5 nitrogen and oxygen atoms in total. The molecular weight excluding hydrogens is 390 g/mol. The number of thiophene rings is 1. The second-order valence-corrected chi connectivity index (χ2v) is 8.55. The lowest BCUT2D eigenvalue weighted by molar-refractivity contribution is -0.115. The van der Waals surface area contributed by atoms with Crippen molar-refractivity contribution in [3.63, 3.8) is 0 Å². The second kappa shape index (κ2) is 7.97. The summed E-state index contributed by atoms with van der Waals surface area (Å²) in [5, 5.41) is 14.5. The van der Waals surface area contributed by atoms with Crippen molar-refractivity contribution >= 4 is 40.2 Å². The van der Waals surface area contributed by atoms with E-state index in [4.69, 9.17) is 0 Å². The van der Waals surface area contributed by atoms with Gasteiger partial charge >= 0.3 is 0 Å². The zero-order valence-electron chi connectivity index (χ0n) is 14.9. The molecule has 1 saturated carbocycles. The number of hydrogen-bond donors (Lipinski definition) is 1. The number of thiazole rings is 1. The van der Waals surface area contributed by atoms with Crippen molar-refractivity contribution in [2.45, 2.75) is 25.4 Å². The van der Waals surface area contributed by atoms with Crippen molar-refractivity contribution in [3.8, 4) is 6.07 Å². The molecule has 3 aromatic rings. The van der Waals surface area contributed by atoms with E-state index in [2.05, 4.69) is 5.32 Å². The van der Waals surface area contributed by atoms with E-state index >= 15 is 0 Å². The Hall–Kier alpha value is -2.95. The Morgan fingerprint density at radius 2 is 2.04 bits per heavy atom. The molecule has 0 spiro atoms. The lowest BCUT2D eigenvalue weighted by atomic mass is 10.2. The summed E-state index contributed by atoms with van der Waals surface area (Å²) >= 11 is 2.73. The lowest BCUT2D eigenvalue weighted by Crippen LogP contribution is -2.35. The van der Waals surface area contributed by atoms with E-state index in [0.29, 0.717) is 15.7 Å². The van der Waals surface area contributed by atoms with E-state index in [1.165, 1.54) is 27.2 Å². The first kappa shape index (κ1) is 18.4. The smallest absolute Gasteiger partial charge is 0.269 e. The van der Waals surface area contributed by atoms with Crippen molar-refractivity contribution in [1.82, 2.24) is 9.88 Å². The van der Waals surface area contributed by atoms with Crippen LogP contribution in [0.5, 0.6) is 0 Å². The molecule has 1 fully saturated rings. The molecule has 1 aromatic carbocycles. The number of benzene rings is 1. The molecule has 0 bridgehead atoms. The minimum absolute atomic E-state index is 0.00393. The maximum atomic E-state index is 13.1. The van der Waals surface area contributed by atoms with Crippen LogP contribution in [-0.2, 0) is 11.3 Å². The fraction of sp³-hybridized carbons (Fsp3) is 0.190. The Balaban J connectivity index is 1.90. The third-order valence-electron chi connectivity index (χ3n) is 4.37. The molecule has 1 amide bonds. The highest BCUT2D eigenvalue weighted by atomic mass is 32.1. The molecule has 0 aliphatic heterocycles. The normalized spacial score (nSPS) is 15.2. The van der Waals surface area contributed by atoms with Gasteiger partial charge in [-0.15, -0.1) is 22.7 Å². The number of aromatic nitrogens is 1. The SMILES string of the molecule is N#C/C(C(=O)NC1CC1)=c1/s/c(=C\c2cccs2)c(=O)n1Cc1ccccc1. The highest BCUT2D eigenvalue weighted by Crippen LogP contribution is 2.19. The quantitative estimate of drug-likeness (QED) is 0.701. The van der Waals surface area contributed by atoms with E-state index < -0.39 is 5.91 Å². The van der Waals surface area contributed by atoms with Gasteiger partial charge in [-0.25, -0.2) is 0 Å². The Morgan fingerprint density at radius 3 is 2.68 bits per heavy atom. The molecule has 1 aliphatic carbocycles. The van der Waals surface area contributed by atoms with E-state index in [9.17, 15) is 14.9 Å². The first-order valence-electron chi connectivity index (χ1n) is 8.90. The number of nitriles is 1. The minimum atomic E-state index is -0.407. The molecule has 2 heterocycles. The van der Waals surface area contributed by atoms with Crippen LogP contribution < -0.4 is 20.1 Å². The summed E-state index contributed by atoms with van der Waals surface area (Å²) in [6.45, 7) is 0.311. The first-order valence-corrected chi connectivity index (χ1v) is 10.6. The van der Waals surface area contributed by atoms with Gasteiger partial charge in [-0.1, -0.05) is 36.4 Å². The molecule has 0 atom stereocenters. The van der Waals surface area contributed by atoms with Crippen molar-refractivity contribution in [2.24, 2.45) is 0 Å². The summed E-state index contributed by atoms with van der Waals surface area (Å²) in [5.41, 5.74) is 0.742. The molecule has 7 heteroatoms. The number of nitrogens with zero attached hydrogens (tertiary/aromatic N) is 2. The average Bonchev–Trinajstić information content (AvgIpc) is 3.27. The predicted molar refractivity (Wildman–Crippen MR) is 111 cm³/mol. The third kappa shape index (κ3) is 3.98. The molecule has 140 valence electrons. The van der Waals surface area contributed by atoms with Gasteiger partial charge < -0.3 is 5.32 Å². The van der Waals surface area contributed by atoms with Crippen LogP contribution >= 0.6 is 22.7 Å². The molecule has 1 N–H and O–H groups in total. The molecule has 28 heavy (non-hydrogen) atoms. The van der Waals surface area contributed by atoms with Crippen molar-refractivity contribution in [1.29, 1.82) is 5.26 Å². The molecule has 0 unspecified atom stereocenters. The number of rotatable bonds is 5. The zero-order chi connectivity index (χ0) is 19.5. The minimum Gasteiger partial charge on any atom is -0.349 e. The molecular formula is C21H17N3O2S2. The lowest BCUT2D eigenvalue weighted by Gasteiger charge is -2.05. The topological polar surface area (TPSA) is 74.9 Å². The Kier molecular flexibility index (Phi) is 5.24. The maximum Gasteiger partial charge on any atom is 0.269 e. The van der Waals surface area contributed by atoms with Gasteiger partial charge in [-0.05, 0) is 35.9 Å². The van der Waals surface area contributed by atoms with Crippen molar-refractivity contribution in [2.75, 3.05) is 0 Å². The van der Waals surface area contributed by atoms with E-state index in [1.54, 1.807) is 0 Å². The van der Waals surface area contributed by atoms with E-state index in [0.717, 1.165) is 23.3 Å². The first-order chi connectivity index (χ1) is 13.7. The summed E-state index contributed by atoms with van der Waals surface area (Å²) in [6.07, 6.45) is 3.68. The van der Waals surface area contributed by atoms with Crippen LogP contribution in [0.2, 0.25) is 0 Å². The number of carbonyl (C=O) groups excluding carboxylic acids is 1. The van der Waals surface area contributed by atoms with Crippen LogP contribution in [0, 0.1) is 11.3 Å². The average molecular weight is 408 g/mol. The van der Waals surface area contributed by atoms with Crippen LogP contribution in [0.4, 0.5) is 0 Å². The summed E-state index contributed by atoms with van der Waals surface area (Å²) in [5.74, 6) is -0.407. The van der Waals surface area contributed by atoms with Gasteiger partial charge in [-0.3, -0.25) is 14.2 Å². The summed E-state index contributed by atoms with van der Waals surface area (Å²) in [4.78, 5) is 26.6. The highest BCUT2D eigenvalue weighted by molar-refractivity contribution is 7.11. The Labute approximate surface area is 169 Å². The standard InChI is InChI=1S/C21H17N3O2S2/c22-12-17(19(25)23-15-8-9-15)21-24(13-14-5-2-1-3-6-14)20(26)18(28-21)11-16-7-4-10-27-16/h1-7,10-11,15H,8-9,13H2,(H,23,25)/b18-11-,21-17-. The highest BCUT2D eigenvalue weighted by Gasteiger charge is 2.26. The largest absolute Gasteiger partial charge is 0.349 e. The van der Waals surface area contributed by atoms with Crippen LogP contribution in [-0.4, -0.2) is 16.5 Å². The molecule has 4 rings (SSSR count). The monoisotopic (exact) mass is 407 g/mol. The molecule has 1 aliphatic rings. The van der Waals surface area contributed by atoms with Crippen LogP contribution in [0.15, 0.2) is 52.6 Å². The van der Waals surface area contributed by atoms with Gasteiger partial charge in [0.05, 0.1) is 11.1 Å². The number of carbonyl (C=O) groups is 1. The van der Waals surface area contributed by atoms with Gasteiger partial charge in [0.1, 0.15) is 10.7 Å². The number of amides is 1. The van der Waals surface area contributed by atoms with Gasteiger partial charge in [0.25, 0.3) is 11.5 Å². The van der Waals surface area contributed by atoms with E-state index in [-0.39, 0.29) is 17.2 Å². The Morgan fingerprint density at radius 1 is 1.25 bits per heavy atom. The predicted octanol–water partition coefficient (Wildman–Crippen LogP) is 1.80. The summed E-state index contributed by atoms with van der Waals surface area (Å²) in [6, 6.07) is 15.6. The van der Waals surface area contributed by atoms with Crippen LogP contribution in [0.1, 0.15) is 23.3 Å². The second-order valence-electron chi connectivity index (χ2n) is 6.54. The Bertz CT molecular complexity index is 1210. The molecule has 2 aromatic heterocycles. The molecule has 0 saturated heterocycles. The summed E-state index contributed by atoms with van der Waals surface area (Å²) in [7, 11) is 0. The third-order valence-corrected chi connectivity index (χ3v) is 6.32.